The van der Waals surface area contributed by atoms with Crippen molar-refractivity contribution < 1.29 is 31.4 Å². The minimum absolute atomic E-state index is 0. The Morgan fingerprint density at radius 3 is 2.15 bits per heavy atom. The van der Waals surface area contributed by atoms with Crippen LogP contribution in [0.25, 0.3) is 0 Å². The molecule has 0 saturated carbocycles. The van der Waals surface area contributed by atoms with Gasteiger partial charge >= 0.3 is 0 Å². The van der Waals surface area contributed by atoms with Crippen LogP contribution in [0.15, 0.2) is 48.5 Å². The number of carbonyl (C=O) groups excluding carboxylic acids is 1. The largest absolute Gasteiger partial charge is 1.00 e. The summed E-state index contributed by atoms with van der Waals surface area (Å²) < 4.78 is 0.764. The van der Waals surface area contributed by atoms with Gasteiger partial charge in [0.25, 0.3) is 0 Å². The first-order valence-corrected chi connectivity index (χ1v) is 9.65. The highest BCUT2D eigenvalue weighted by Gasteiger charge is 2.51. The van der Waals surface area contributed by atoms with Crippen molar-refractivity contribution in [1.29, 1.82) is 0 Å². The highest BCUT2D eigenvalue weighted by Crippen LogP contribution is 2.41. The van der Waals surface area contributed by atoms with Crippen LogP contribution in [-0.2, 0) is 5.60 Å². The van der Waals surface area contributed by atoms with Crippen molar-refractivity contribution in [2.45, 2.75) is 18.9 Å². The summed E-state index contributed by atoms with van der Waals surface area (Å²) >= 11 is 12.0. The maximum atomic E-state index is 13.3. The molecule has 1 saturated heterocycles. The van der Waals surface area contributed by atoms with Gasteiger partial charge in [-0.15, -0.1) is 0 Å². The highest BCUT2D eigenvalue weighted by molar-refractivity contribution is 6.30. The van der Waals surface area contributed by atoms with Crippen molar-refractivity contribution in [2.24, 2.45) is 5.92 Å². The zero-order chi connectivity index (χ0) is 18.9. The molecule has 3 atom stereocenters. The van der Waals surface area contributed by atoms with Crippen molar-refractivity contribution in [1.82, 2.24) is 0 Å². The zero-order valence-corrected chi connectivity index (χ0v) is 18.6. The Bertz CT molecular complexity index is 797. The summed E-state index contributed by atoms with van der Waals surface area (Å²) in [5, 5.41) is 12.8. The van der Waals surface area contributed by atoms with Gasteiger partial charge in [0.1, 0.15) is 11.5 Å². The highest BCUT2D eigenvalue weighted by atomic mass is 79.9. The van der Waals surface area contributed by atoms with Crippen molar-refractivity contribution in [3.8, 4) is 0 Å². The second-order valence-electron chi connectivity index (χ2n) is 7.45. The molecular formula is C21H24BrCl2NO2. The summed E-state index contributed by atoms with van der Waals surface area (Å²) in [6, 6.07) is 14.1. The third kappa shape index (κ3) is 4.57. The number of quaternary nitrogens is 1. The van der Waals surface area contributed by atoms with E-state index in [-0.39, 0.29) is 22.8 Å². The van der Waals surface area contributed by atoms with Crippen LogP contribution < -0.4 is 17.0 Å². The summed E-state index contributed by atoms with van der Waals surface area (Å²) in [4.78, 5) is 13.3. The number of nitrogens with zero attached hydrogens (tertiary/aromatic N) is 1. The van der Waals surface area contributed by atoms with Crippen molar-refractivity contribution in [2.75, 3.05) is 26.7 Å². The van der Waals surface area contributed by atoms with Gasteiger partial charge in [-0.2, -0.15) is 0 Å². The lowest BCUT2D eigenvalue weighted by Gasteiger charge is -2.48. The second kappa shape index (κ2) is 8.62. The van der Waals surface area contributed by atoms with Gasteiger partial charge in [-0.3, -0.25) is 4.79 Å². The fourth-order valence-electron chi connectivity index (χ4n) is 3.78. The Kier molecular flexibility index (Phi) is 7.15. The van der Waals surface area contributed by atoms with Crippen LogP contribution in [-0.4, -0.2) is 42.1 Å². The molecule has 2 aromatic rings. The second-order valence-corrected chi connectivity index (χ2v) is 8.32. The van der Waals surface area contributed by atoms with Crippen LogP contribution in [0, 0.1) is 5.92 Å². The molecular weight excluding hydrogens is 449 g/mol. The maximum Gasteiger partial charge on any atom is 0.174 e. The molecule has 0 amide bonds. The van der Waals surface area contributed by atoms with Gasteiger partial charge in [-0.25, -0.2) is 0 Å². The lowest BCUT2D eigenvalue weighted by molar-refractivity contribution is -0.917. The maximum absolute atomic E-state index is 13.3. The van der Waals surface area contributed by atoms with E-state index in [1.165, 1.54) is 0 Å². The molecule has 2 aromatic carbocycles. The molecule has 3 rings (SSSR count). The van der Waals surface area contributed by atoms with Gasteiger partial charge in [0.2, 0.25) is 0 Å². The topological polar surface area (TPSA) is 37.3 Å². The van der Waals surface area contributed by atoms with Crippen LogP contribution >= 0.6 is 23.2 Å². The molecule has 0 aliphatic carbocycles. The Morgan fingerprint density at radius 1 is 1.11 bits per heavy atom. The van der Waals surface area contributed by atoms with E-state index < -0.39 is 11.5 Å². The number of piperidine rings is 1. The first kappa shape index (κ1) is 22.4. The van der Waals surface area contributed by atoms with Crippen molar-refractivity contribution in [3.63, 3.8) is 0 Å². The first-order valence-electron chi connectivity index (χ1n) is 8.89. The number of carbonyl (C=O) groups is 1. The fourth-order valence-corrected chi connectivity index (χ4v) is 4.04. The molecule has 0 radical (unpaired) electrons. The van der Waals surface area contributed by atoms with Crippen LogP contribution in [0.4, 0.5) is 0 Å². The van der Waals surface area contributed by atoms with Gasteiger partial charge in [-0.1, -0.05) is 35.3 Å². The van der Waals surface area contributed by atoms with Crippen LogP contribution in [0.1, 0.15) is 29.3 Å². The molecule has 146 valence electrons. The predicted molar refractivity (Wildman–Crippen MR) is 106 cm³/mol. The van der Waals surface area contributed by atoms with Gasteiger partial charge in [0, 0.05) is 22.0 Å². The van der Waals surface area contributed by atoms with Crippen LogP contribution in [0.3, 0.4) is 0 Å². The number of ketones is 1. The average molecular weight is 473 g/mol. The minimum Gasteiger partial charge on any atom is -1.00 e. The monoisotopic (exact) mass is 471 g/mol. The van der Waals surface area contributed by atoms with E-state index >= 15 is 0 Å². The molecule has 3 unspecified atom stereocenters. The summed E-state index contributed by atoms with van der Waals surface area (Å²) in [6.45, 7) is 4.45. The molecule has 1 N–H and O–H groups in total. The van der Waals surface area contributed by atoms with E-state index in [4.69, 9.17) is 23.2 Å². The number of hydrogen-bond acceptors (Lipinski definition) is 2. The van der Waals surface area contributed by atoms with Gasteiger partial charge in [0.15, 0.2) is 5.78 Å². The molecule has 0 aromatic heterocycles. The number of hydrogen-bond donors (Lipinski definition) is 1. The molecule has 1 heterocycles. The van der Waals surface area contributed by atoms with E-state index in [2.05, 4.69) is 14.0 Å². The average Bonchev–Trinajstić information content (AvgIpc) is 2.64. The number of aliphatic hydroxyl groups is 1. The summed E-state index contributed by atoms with van der Waals surface area (Å²) in [6.07, 6.45) is 0.531. The summed E-state index contributed by atoms with van der Waals surface area (Å²) in [5.41, 5.74) is 0.127. The van der Waals surface area contributed by atoms with E-state index in [1.807, 2.05) is 12.1 Å². The lowest BCUT2D eigenvalue weighted by atomic mass is 9.72. The SMILES string of the molecule is CC[N+]1(C)CCC(O)(c2ccc(Cl)cc2)C(C(=O)c2ccc(Cl)cc2)C1.[Br-]. The minimum atomic E-state index is -1.20. The van der Waals surface area contributed by atoms with Crippen molar-refractivity contribution >= 4 is 29.0 Å². The summed E-state index contributed by atoms with van der Waals surface area (Å²) in [5.74, 6) is -0.569. The molecule has 6 heteroatoms. The van der Waals surface area contributed by atoms with E-state index in [9.17, 15) is 9.90 Å². The Morgan fingerprint density at radius 2 is 1.63 bits per heavy atom. The Labute approximate surface area is 181 Å². The third-order valence-electron chi connectivity index (χ3n) is 5.79. The lowest BCUT2D eigenvalue weighted by Crippen LogP contribution is -3.00. The van der Waals surface area contributed by atoms with Crippen LogP contribution in [0.5, 0.6) is 0 Å². The van der Waals surface area contributed by atoms with E-state index in [0.717, 1.165) is 23.1 Å². The molecule has 0 bridgehead atoms. The number of Topliss-reactive ketones (excluding diaryl/α,β-unsaturated/α-hetero) is 1. The number of rotatable bonds is 4. The fraction of sp³-hybridized carbons (Fsp3) is 0.381. The summed E-state index contributed by atoms with van der Waals surface area (Å²) in [7, 11) is 2.14. The normalized spacial score (nSPS) is 27.7. The first-order chi connectivity index (χ1) is 12.3. The molecule has 27 heavy (non-hydrogen) atoms. The van der Waals surface area contributed by atoms with E-state index in [1.54, 1.807) is 36.4 Å². The number of likely N-dealkylation sites (tertiary alicyclic amines) is 1. The smallest absolute Gasteiger partial charge is 0.174 e. The Hall–Kier alpha value is -0.910. The Balaban J connectivity index is 0.00000261. The third-order valence-corrected chi connectivity index (χ3v) is 6.29. The molecule has 1 aliphatic heterocycles. The standard InChI is InChI=1S/C21H24Cl2NO2.BrH/c1-3-24(2)13-12-21(26,16-6-10-18(23)11-7-16)19(14-24)20(25)15-4-8-17(22)9-5-15;/h4-11,19,26H,3,12-14H2,1-2H3;1H/q+1;/p-1. The number of halogens is 3. The quantitative estimate of drug-likeness (QED) is 0.541. The zero-order valence-electron chi connectivity index (χ0n) is 15.5. The van der Waals surface area contributed by atoms with Crippen LogP contribution in [0.2, 0.25) is 10.0 Å². The molecule has 0 spiro atoms. The van der Waals surface area contributed by atoms with Gasteiger partial charge in [-0.05, 0) is 48.9 Å². The molecule has 3 nitrogen and oxygen atoms in total. The molecule has 1 aliphatic rings. The number of benzene rings is 2. The van der Waals surface area contributed by atoms with Gasteiger partial charge < -0.3 is 26.6 Å². The predicted octanol–water partition coefficient (Wildman–Crippen LogP) is 1.55. The van der Waals surface area contributed by atoms with E-state index in [0.29, 0.717) is 28.6 Å². The van der Waals surface area contributed by atoms with Crippen molar-refractivity contribution in [3.05, 3.63) is 69.7 Å². The molecule has 1 fully saturated rings. The van der Waals surface area contributed by atoms with Gasteiger partial charge in [0.05, 0.1) is 26.7 Å².